The van der Waals surface area contributed by atoms with Gasteiger partial charge in [-0.05, 0) is 37.6 Å². The molecule has 0 saturated carbocycles. The van der Waals surface area contributed by atoms with Gasteiger partial charge in [0, 0.05) is 12.4 Å². The number of fused-ring (bicyclic) bond motifs is 1. The Kier molecular flexibility index (Phi) is 4.02. The number of methoxy groups -OCH3 is 1. The molecule has 2 aromatic carbocycles. The zero-order chi connectivity index (χ0) is 16.4. The fraction of sp³-hybridized carbons (Fsp3) is 0.222. The van der Waals surface area contributed by atoms with Gasteiger partial charge in [-0.25, -0.2) is 4.99 Å². The molecule has 0 saturated heterocycles. The molecule has 0 atom stereocenters. The van der Waals surface area contributed by atoms with Crippen molar-refractivity contribution in [1.29, 1.82) is 0 Å². The molecule has 0 spiro atoms. The summed E-state index contributed by atoms with van der Waals surface area (Å²) in [6.07, 6.45) is 1.86. The summed E-state index contributed by atoms with van der Waals surface area (Å²) in [5.41, 5.74) is 4.02. The number of aryl methyl sites for hydroxylation is 2. The summed E-state index contributed by atoms with van der Waals surface area (Å²) in [5, 5.41) is 8.68. The van der Waals surface area contributed by atoms with Crippen molar-refractivity contribution in [2.75, 3.05) is 12.4 Å². The van der Waals surface area contributed by atoms with Gasteiger partial charge in [-0.2, -0.15) is 5.10 Å². The molecule has 0 fully saturated rings. The lowest BCUT2D eigenvalue weighted by Crippen LogP contribution is -2.08. The maximum absolute atomic E-state index is 5.36. The zero-order valence-corrected chi connectivity index (χ0v) is 13.8. The first-order valence-electron chi connectivity index (χ1n) is 7.47. The minimum atomic E-state index is 0.790. The first-order valence-corrected chi connectivity index (χ1v) is 7.47. The predicted molar refractivity (Wildman–Crippen MR) is 94.8 cm³/mol. The number of nitrogens with one attached hydrogen (secondary N) is 1. The van der Waals surface area contributed by atoms with Crippen LogP contribution in [0.5, 0.6) is 5.75 Å². The van der Waals surface area contributed by atoms with Gasteiger partial charge in [0.1, 0.15) is 11.6 Å². The molecular weight excluding hydrogens is 288 g/mol. The maximum Gasteiger partial charge on any atom is 0.142 e. The second-order valence-corrected chi connectivity index (χ2v) is 5.45. The Morgan fingerprint density at radius 3 is 2.78 bits per heavy atom. The minimum Gasteiger partial charge on any atom is -0.495 e. The normalized spacial score (nSPS) is 11.7. The number of aromatic nitrogens is 2. The van der Waals surface area contributed by atoms with Crippen LogP contribution in [-0.4, -0.2) is 22.7 Å². The molecule has 5 heteroatoms. The lowest BCUT2D eigenvalue weighted by Gasteiger charge is -2.11. The number of amidine groups is 1. The fourth-order valence-electron chi connectivity index (χ4n) is 2.61. The average molecular weight is 308 g/mol. The zero-order valence-electron chi connectivity index (χ0n) is 13.8. The van der Waals surface area contributed by atoms with Crippen molar-refractivity contribution < 1.29 is 4.74 Å². The fourth-order valence-corrected chi connectivity index (χ4v) is 2.61. The average Bonchev–Trinajstić information content (AvgIpc) is 2.92. The summed E-state index contributed by atoms with van der Waals surface area (Å²) in [7, 11) is 3.60. The van der Waals surface area contributed by atoms with Gasteiger partial charge in [-0.1, -0.05) is 18.2 Å². The lowest BCUT2D eigenvalue weighted by molar-refractivity contribution is 0.417. The largest absolute Gasteiger partial charge is 0.495 e. The third-order valence-electron chi connectivity index (χ3n) is 3.81. The van der Waals surface area contributed by atoms with E-state index in [1.807, 2.05) is 49.1 Å². The highest BCUT2D eigenvalue weighted by atomic mass is 16.5. The Morgan fingerprint density at radius 2 is 2.00 bits per heavy atom. The van der Waals surface area contributed by atoms with E-state index in [9.17, 15) is 0 Å². The summed E-state index contributed by atoms with van der Waals surface area (Å²) >= 11 is 0. The summed E-state index contributed by atoms with van der Waals surface area (Å²) in [6.45, 7) is 4.00. The van der Waals surface area contributed by atoms with Crippen LogP contribution in [0, 0.1) is 6.92 Å². The van der Waals surface area contributed by atoms with E-state index in [0.29, 0.717) is 0 Å². The van der Waals surface area contributed by atoms with Crippen molar-refractivity contribution in [3.8, 4) is 5.75 Å². The molecule has 0 aliphatic rings. The molecule has 0 amide bonds. The third kappa shape index (κ3) is 2.90. The van der Waals surface area contributed by atoms with E-state index in [0.717, 1.165) is 39.4 Å². The summed E-state index contributed by atoms with van der Waals surface area (Å²) in [5.74, 6) is 1.59. The molecule has 3 aromatic rings. The van der Waals surface area contributed by atoms with Gasteiger partial charge in [0.25, 0.3) is 0 Å². The number of rotatable bonds is 3. The van der Waals surface area contributed by atoms with Gasteiger partial charge in [-0.3, -0.25) is 4.68 Å². The van der Waals surface area contributed by atoms with Gasteiger partial charge < -0.3 is 10.1 Å². The standard InChI is InChI=1S/C18H20N4O/c1-12-9-10-16-14(11-19-22(16)3)18(12)21-13(2)20-15-7-5-6-8-17(15)23-4/h5-11H,1-4H3,(H,20,21). The number of hydrogen-bond donors (Lipinski definition) is 1. The van der Waals surface area contributed by atoms with Crippen molar-refractivity contribution >= 4 is 28.1 Å². The van der Waals surface area contributed by atoms with E-state index in [-0.39, 0.29) is 0 Å². The molecule has 0 aliphatic carbocycles. The van der Waals surface area contributed by atoms with Crippen molar-refractivity contribution in [3.63, 3.8) is 0 Å². The SMILES string of the molecule is COc1ccccc1NC(C)=Nc1c(C)ccc2c1cnn2C. The number of benzene rings is 2. The number of nitrogens with zero attached hydrogens (tertiary/aromatic N) is 3. The highest BCUT2D eigenvalue weighted by Crippen LogP contribution is 2.30. The van der Waals surface area contributed by atoms with Gasteiger partial charge in [0.2, 0.25) is 0 Å². The minimum absolute atomic E-state index is 0.790. The van der Waals surface area contributed by atoms with Gasteiger partial charge in [0.15, 0.2) is 0 Å². The van der Waals surface area contributed by atoms with E-state index < -0.39 is 0 Å². The van der Waals surface area contributed by atoms with Gasteiger partial charge >= 0.3 is 0 Å². The highest BCUT2D eigenvalue weighted by molar-refractivity contribution is 6.00. The first kappa shape index (κ1) is 15.1. The molecule has 23 heavy (non-hydrogen) atoms. The van der Waals surface area contributed by atoms with Crippen molar-refractivity contribution in [2.45, 2.75) is 13.8 Å². The van der Waals surface area contributed by atoms with Gasteiger partial charge in [-0.15, -0.1) is 0 Å². The van der Waals surface area contributed by atoms with Crippen LogP contribution < -0.4 is 10.1 Å². The summed E-state index contributed by atoms with van der Waals surface area (Å²) in [4.78, 5) is 4.77. The molecule has 0 radical (unpaired) electrons. The molecule has 0 unspecified atom stereocenters. The van der Waals surface area contributed by atoms with E-state index in [1.165, 1.54) is 0 Å². The Hall–Kier alpha value is -2.82. The van der Waals surface area contributed by atoms with Gasteiger partial charge in [0.05, 0.1) is 30.2 Å². The number of ether oxygens (including phenoxy) is 1. The molecule has 1 heterocycles. The van der Waals surface area contributed by atoms with Crippen LogP contribution in [0.3, 0.4) is 0 Å². The van der Waals surface area contributed by atoms with Crippen LogP contribution in [0.25, 0.3) is 10.9 Å². The number of para-hydroxylation sites is 2. The third-order valence-corrected chi connectivity index (χ3v) is 3.81. The van der Waals surface area contributed by atoms with Crippen LogP contribution in [0.2, 0.25) is 0 Å². The van der Waals surface area contributed by atoms with E-state index in [2.05, 4.69) is 29.5 Å². The van der Waals surface area contributed by atoms with Crippen molar-refractivity contribution in [2.24, 2.45) is 12.0 Å². The molecule has 3 rings (SSSR count). The molecule has 118 valence electrons. The molecule has 1 aromatic heterocycles. The first-order chi connectivity index (χ1) is 11.1. The number of aliphatic imine (C=N–C) groups is 1. The molecule has 5 nitrogen and oxygen atoms in total. The quantitative estimate of drug-likeness (QED) is 0.586. The smallest absolute Gasteiger partial charge is 0.142 e. The van der Waals surface area contributed by atoms with Crippen LogP contribution >= 0.6 is 0 Å². The molecular formula is C18H20N4O. The van der Waals surface area contributed by atoms with Crippen molar-refractivity contribution in [1.82, 2.24) is 9.78 Å². The Bertz CT molecular complexity index is 880. The summed E-state index contributed by atoms with van der Waals surface area (Å²) < 4.78 is 7.22. The van der Waals surface area contributed by atoms with E-state index >= 15 is 0 Å². The van der Waals surface area contributed by atoms with Crippen LogP contribution in [0.15, 0.2) is 47.6 Å². The van der Waals surface area contributed by atoms with E-state index in [1.54, 1.807) is 7.11 Å². The predicted octanol–water partition coefficient (Wildman–Crippen LogP) is 4.05. The Balaban J connectivity index is 1.99. The molecule has 0 aliphatic heterocycles. The molecule has 1 N–H and O–H groups in total. The number of anilines is 1. The van der Waals surface area contributed by atoms with Crippen LogP contribution in [-0.2, 0) is 7.05 Å². The second-order valence-electron chi connectivity index (χ2n) is 5.45. The van der Waals surface area contributed by atoms with E-state index in [4.69, 9.17) is 9.73 Å². The molecule has 0 bridgehead atoms. The highest BCUT2D eigenvalue weighted by Gasteiger charge is 2.09. The topological polar surface area (TPSA) is 51.4 Å². The Morgan fingerprint density at radius 1 is 1.22 bits per heavy atom. The second kappa shape index (κ2) is 6.12. The lowest BCUT2D eigenvalue weighted by atomic mass is 10.1. The maximum atomic E-state index is 5.36. The summed E-state index contributed by atoms with van der Waals surface area (Å²) in [6, 6.07) is 11.9. The van der Waals surface area contributed by atoms with Crippen LogP contribution in [0.4, 0.5) is 11.4 Å². The monoisotopic (exact) mass is 308 g/mol. The van der Waals surface area contributed by atoms with Crippen molar-refractivity contribution in [3.05, 3.63) is 48.2 Å². The number of hydrogen-bond acceptors (Lipinski definition) is 3. The Labute approximate surface area is 135 Å². The van der Waals surface area contributed by atoms with Crippen LogP contribution in [0.1, 0.15) is 12.5 Å².